The molecule has 1 N–H and O–H groups in total. The molecule has 1 amide bonds. The zero-order valence-electron chi connectivity index (χ0n) is 12.2. The van der Waals surface area contributed by atoms with Crippen molar-refractivity contribution >= 4 is 27.8 Å². The maximum Gasteiger partial charge on any atom is 0.251 e. The minimum atomic E-state index is -0.126. The largest absolute Gasteiger partial charge is 0.347 e. The lowest BCUT2D eigenvalue weighted by Gasteiger charge is -2.12. The monoisotopic (exact) mass is 348 g/mol. The molecular weight excluding hydrogens is 332 g/mol. The number of hydrogen-bond acceptors (Lipinski definition) is 4. The molecule has 0 radical (unpaired) electrons. The molecule has 1 heterocycles. The Kier molecular flexibility index (Phi) is 4.90. The summed E-state index contributed by atoms with van der Waals surface area (Å²) in [4.78, 5) is 22.7. The van der Waals surface area contributed by atoms with E-state index in [1.54, 1.807) is 12.1 Å². The van der Waals surface area contributed by atoms with Gasteiger partial charge in [-0.1, -0.05) is 22.0 Å². The lowest BCUT2D eigenvalue weighted by molar-refractivity contribution is 0.0950. The highest BCUT2D eigenvalue weighted by Gasteiger charge is 2.08. The quantitative estimate of drug-likeness (QED) is 0.922. The van der Waals surface area contributed by atoms with Gasteiger partial charge in [-0.3, -0.25) is 4.79 Å². The van der Waals surface area contributed by atoms with E-state index in [-0.39, 0.29) is 5.91 Å². The highest BCUT2D eigenvalue weighted by Crippen LogP contribution is 2.12. The number of aryl methyl sites for hydroxylation is 1. The zero-order valence-corrected chi connectivity index (χ0v) is 13.8. The minimum absolute atomic E-state index is 0.126. The van der Waals surface area contributed by atoms with Crippen molar-refractivity contribution in [1.29, 1.82) is 0 Å². The molecule has 1 aromatic carbocycles. The molecule has 2 aromatic rings. The number of anilines is 1. The van der Waals surface area contributed by atoms with Gasteiger partial charge in [-0.15, -0.1) is 0 Å². The van der Waals surface area contributed by atoms with Crippen LogP contribution in [-0.4, -0.2) is 30.0 Å². The second-order valence-corrected chi connectivity index (χ2v) is 5.80. The fourth-order valence-corrected chi connectivity index (χ4v) is 2.21. The molecule has 2 rings (SSSR count). The Labute approximate surface area is 132 Å². The molecule has 0 saturated heterocycles. The Bertz CT molecular complexity index is 658. The molecule has 0 spiro atoms. The topological polar surface area (TPSA) is 58.1 Å². The normalized spacial score (nSPS) is 10.3. The number of rotatable bonds is 4. The molecule has 110 valence electrons. The lowest BCUT2D eigenvalue weighted by atomic mass is 10.2. The summed E-state index contributed by atoms with van der Waals surface area (Å²) in [5.74, 6) is 0.515. The summed E-state index contributed by atoms with van der Waals surface area (Å²) in [5, 5.41) is 2.87. The van der Waals surface area contributed by atoms with E-state index >= 15 is 0 Å². The molecule has 0 unspecified atom stereocenters. The van der Waals surface area contributed by atoms with Crippen LogP contribution in [0.25, 0.3) is 0 Å². The van der Waals surface area contributed by atoms with Crippen molar-refractivity contribution in [3.63, 3.8) is 0 Å². The van der Waals surface area contributed by atoms with Gasteiger partial charge >= 0.3 is 0 Å². The van der Waals surface area contributed by atoms with Gasteiger partial charge in [-0.25, -0.2) is 9.97 Å². The fourth-order valence-electron chi connectivity index (χ4n) is 1.81. The molecule has 0 bridgehead atoms. The first-order valence-corrected chi connectivity index (χ1v) is 7.30. The summed E-state index contributed by atoms with van der Waals surface area (Å²) in [6, 6.07) is 9.14. The van der Waals surface area contributed by atoms with Crippen LogP contribution in [-0.2, 0) is 6.54 Å². The standard InChI is InChI=1S/C15H17BrN4O/c1-10-7-13(19-15(18-10)20(2)3)9-17-14(21)11-5-4-6-12(16)8-11/h4-8H,9H2,1-3H3,(H,17,21). The van der Waals surface area contributed by atoms with Crippen LogP contribution in [0.4, 0.5) is 5.95 Å². The molecule has 5 nitrogen and oxygen atoms in total. The van der Waals surface area contributed by atoms with Gasteiger partial charge in [0.05, 0.1) is 12.2 Å². The number of aromatic nitrogens is 2. The van der Waals surface area contributed by atoms with Crippen LogP contribution in [0.2, 0.25) is 0 Å². The van der Waals surface area contributed by atoms with Crippen molar-refractivity contribution in [2.45, 2.75) is 13.5 Å². The second kappa shape index (κ2) is 6.67. The maximum absolute atomic E-state index is 12.1. The van der Waals surface area contributed by atoms with E-state index in [1.165, 1.54) is 0 Å². The lowest BCUT2D eigenvalue weighted by Crippen LogP contribution is -2.24. The van der Waals surface area contributed by atoms with Gasteiger partial charge in [0.1, 0.15) is 0 Å². The average molecular weight is 349 g/mol. The Balaban J connectivity index is 2.08. The first-order chi connectivity index (χ1) is 9.95. The molecule has 0 fully saturated rings. The summed E-state index contributed by atoms with van der Waals surface area (Å²) >= 11 is 3.36. The summed E-state index contributed by atoms with van der Waals surface area (Å²) < 4.78 is 0.878. The minimum Gasteiger partial charge on any atom is -0.347 e. The summed E-state index contributed by atoms with van der Waals surface area (Å²) in [7, 11) is 3.78. The highest BCUT2D eigenvalue weighted by molar-refractivity contribution is 9.10. The molecular formula is C15H17BrN4O. The van der Waals surface area contributed by atoms with Gasteiger partial charge in [0, 0.05) is 29.8 Å². The van der Waals surface area contributed by atoms with Gasteiger partial charge in [0.2, 0.25) is 5.95 Å². The number of amides is 1. The van der Waals surface area contributed by atoms with E-state index < -0.39 is 0 Å². The van der Waals surface area contributed by atoms with Crippen LogP contribution in [0.5, 0.6) is 0 Å². The van der Waals surface area contributed by atoms with Gasteiger partial charge in [0.25, 0.3) is 5.91 Å². The van der Waals surface area contributed by atoms with Crippen LogP contribution in [0.1, 0.15) is 21.7 Å². The Hall–Kier alpha value is -1.95. The van der Waals surface area contributed by atoms with Crippen molar-refractivity contribution in [2.75, 3.05) is 19.0 Å². The number of carbonyl (C=O) groups excluding carboxylic acids is 1. The van der Waals surface area contributed by atoms with Crippen molar-refractivity contribution in [3.05, 3.63) is 51.8 Å². The van der Waals surface area contributed by atoms with Crippen molar-refractivity contribution in [2.24, 2.45) is 0 Å². The van der Waals surface area contributed by atoms with E-state index in [9.17, 15) is 4.79 Å². The van der Waals surface area contributed by atoms with E-state index in [2.05, 4.69) is 31.2 Å². The van der Waals surface area contributed by atoms with Crippen molar-refractivity contribution in [3.8, 4) is 0 Å². The van der Waals surface area contributed by atoms with Crippen LogP contribution < -0.4 is 10.2 Å². The smallest absolute Gasteiger partial charge is 0.251 e. The Morgan fingerprint density at radius 1 is 1.29 bits per heavy atom. The highest BCUT2D eigenvalue weighted by atomic mass is 79.9. The van der Waals surface area contributed by atoms with E-state index in [0.717, 1.165) is 15.9 Å². The van der Waals surface area contributed by atoms with Crippen LogP contribution in [0.15, 0.2) is 34.8 Å². The number of hydrogen-bond donors (Lipinski definition) is 1. The molecule has 6 heteroatoms. The third-order valence-electron chi connectivity index (χ3n) is 2.81. The third kappa shape index (κ3) is 4.26. The number of halogens is 1. The predicted octanol–water partition coefficient (Wildman–Crippen LogP) is 2.54. The summed E-state index contributed by atoms with van der Waals surface area (Å²) in [5.41, 5.74) is 2.28. The molecule has 0 saturated carbocycles. The van der Waals surface area contributed by atoms with Gasteiger partial charge in [-0.2, -0.15) is 0 Å². The third-order valence-corrected chi connectivity index (χ3v) is 3.31. The molecule has 21 heavy (non-hydrogen) atoms. The Morgan fingerprint density at radius 3 is 2.71 bits per heavy atom. The fraction of sp³-hybridized carbons (Fsp3) is 0.267. The average Bonchev–Trinajstić information content (AvgIpc) is 2.44. The van der Waals surface area contributed by atoms with Crippen molar-refractivity contribution < 1.29 is 4.79 Å². The SMILES string of the molecule is Cc1cc(CNC(=O)c2cccc(Br)c2)nc(N(C)C)n1. The summed E-state index contributed by atoms with van der Waals surface area (Å²) in [6.07, 6.45) is 0. The second-order valence-electron chi connectivity index (χ2n) is 4.89. The first kappa shape index (κ1) is 15.4. The number of nitrogens with one attached hydrogen (secondary N) is 1. The Morgan fingerprint density at radius 2 is 2.05 bits per heavy atom. The van der Waals surface area contributed by atoms with E-state index in [1.807, 2.05) is 44.1 Å². The number of benzene rings is 1. The molecule has 0 atom stereocenters. The molecule has 0 aliphatic carbocycles. The van der Waals surface area contributed by atoms with E-state index in [0.29, 0.717) is 18.1 Å². The molecule has 0 aliphatic heterocycles. The predicted molar refractivity (Wildman–Crippen MR) is 86.4 cm³/mol. The van der Waals surface area contributed by atoms with Crippen LogP contribution in [0, 0.1) is 6.92 Å². The van der Waals surface area contributed by atoms with Crippen LogP contribution >= 0.6 is 15.9 Å². The first-order valence-electron chi connectivity index (χ1n) is 6.51. The maximum atomic E-state index is 12.1. The van der Waals surface area contributed by atoms with Crippen molar-refractivity contribution in [1.82, 2.24) is 15.3 Å². The van der Waals surface area contributed by atoms with E-state index in [4.69, 9.17) is 0 Å². The molecule has 1 aromatic heterocycles. The van der Waals surface area contributed by atoms with Crippen LogP contribution in [0.3, 0.4) is 0 Å². The number of carbonyl (C=O) groups is 1. The van der Waals surface area contributed by atoms with Gasteiger partial charge in [-0.05, 0) is 31.2 Å². The van der Waals surface area contributed by atoms with Gasteiger partial charge < -0.3 is 10.2 Å². The zero-order chi connectivity index (χ0) is 15.4. The number of nitrogens with zero attached hydrogens (tertiary/aromatic N) is 3. The van der Waals surface area contributed by atoms with Gasteiger partial charge in [0.15, 0.2) is 0 Å². The molecule has 0 aliphatic rings. The summed E-state index contributed by atoms with van der Waals surface area (Å²) in [6.45, 7) is 2.28.